The topological polar surface area (TPSA) is 63.2 Å². The summed E-state index contributed by atoms with van der Waals surface area (Å²) in [5.41, 5.74) is 0. The number of rotatable bonds is 0. The van der Waals surface area contributed by atoms with Gasteiger partial charge in [-0.1, -0.05) is 45.2 Å². The molecule has 0 fully saturated rings. The monoisotopic (exact) mass is 610 g/mol. The van der Waals surface area contributed by atoms with E-state index in [1.807, 2.05) is 9.86 Å². The molecule has 0 heterocycles. The van der Waals surface area contributed by atoms with Gasteiger partial charge in [0.1, 0.15) is 0 Å². The Hall–Kier alpha value is 4.83. The second-order valence-electron chi connectivity index (χ2n) is 0.250. The molecule has 0 spiro atoms. The molecule has 7 heteroatoms. The second kappa shape index (κ2) is 37.1. The van der Waals surface area contributed by atoms with Crippen LogP contribution in [-0.4, -0.2) is 16.0 Å². The second-order valence-corrected chi connectivity index (χ2v) is 0.250. The predicted octanol–water partition coefficient (Wildman–Crippen LogP) is -6.34. The maximum atomic E-state index is 8.33. The first-order chi connectivity index (χ1) is 3.73. The Morgan fingerprint density at radius 1 is 1.00 bits per heavy atom. The maximum Gasteiger partial charge on any atom is 1.00 e. The zero-order chi connectivity index (χ0) is 7.58. The van der Waals surface area contributed by atoms with Crippen LogP contribution in [0.3, 0.4) is 0 Å². The van der Waals surface area contributed by atoms with Gasteiger partial charge in [-0.25, -0.2) is 0 Å². The van der Waals surface area contributed by atoms with Gasteiger partial charge in [-0.2, -0.15) is 0 Å². The molecule has 0 aromatic heterocycles. The predicted molar refractivity (Wildman–Crippen MR) is 45.3 cm³/mol. The van der Waals surface area contributed by atoms with Crippen molar-refractivity contribution < 1.29 is 153 Å². The summed E-state index contributed by atoms with van der Waals surface area (Å²) in [5.74, 6) is 0. The number of alkyl halides is 2. The van der Waals surface area contributed by atoms with Crippen LogP contribution in [0.5, 0.6) is 0 Å². The van der Waals surface area contributed by atoms with Crippen molar-refractivity contribution in [1.29, 1.82) is 0 Å². The summed E-state index contributed by atoms with van der Waals surface area (Å²) in [5, 5.41) is 16.7. The van der Waals surface area contributed by atoms with Crippen molar-refractivity contribution in [2.24, 2.45) is 0 Å². The van der Waals surface area contributed by atoms with Crippen LogP contribution >= 0.6 is 45.2 Å². The fraction of sp³-hybridized carbons (Fsp3) is 0.667. The Bertz CT molecular complexity index is 42.7. The quantitative estimate of drug-likeness (QED) is 0.203. The van der Waals surface area contributed by atoms with E-state index in [0.29, 0.717) is 0 Å². The number of carbonyl (C=O) groups excluding carboxylic acids is 1. The minimum atomic E-state index is -2.33. The van der Waals surface area contributed by atoms with Gasteiger partial charge in [-0.05, 0) is 16.0 Å². The van der Waals surface area contributed by atoms with Gasteiger partial charge >= 0.3 is 138 Å². The van der Waals surface area contributed by atoms with Crippen molar-refractivity contribution >= 4 is 51.3 Å². The van der Waals surface area contributed by atoms with Gasteiger partial charge in [0.2, 0.25) is 0 Å². The van der Waals surface area contributed by atoms with E-state index in [-0.39, 0.29) is 138 Å². The van der Waals surface area contributed by atoms with E-state index in [1.165, 1.54) is 0 Å². The first kappa shape index (κ1) is 29.4. The van der Waals surface area contributed by atoms with Crippen molar-refractivity contribution in [2.75, 3.05) is 9.86 Å². The Labute approximate surface area is 206 Å². The molecule has 0 aromatic carbocycles. The molecule has 0 aliphatic rings. The van der Waals surface area contributed by atoms with Gasteiger partial charge in [0.15, 0.2) is 0 Å². The Morgan fingerprint density at radius 2 is 1.00 bits per heavy atom. The molecule has 0 aliphatic heterocycles. The van der Waals surface area contributed by atoms with Crippen molar-refractivity contribution in [1.82, 2.24) is 0 Å². The smallest absolute Gasteiger partial charge is 0.652 e. The molecular formula is C3H6Cs2I2O3. The molecule has 0 aromatic rings. The van der Waals surface area contributed by atoms with E-state index in [2.05, 4.69) is 45.2 Å². The van der Waals surface area contributed by atoms with Crippen molar-refractivity contribution in [2.45, 2.75) is 0 Å². The molecule has 10 heavy (non-hydrogen) atoms. The zero-order valence-corrected chi connectivity index (χ0v) is 23.4. The largest absolute Gasteiger partial charge is 1.00 e. The summed E-state index contributed by atoms with van der Waals surface area (Å²) in [6, 6.07) is 0. The van der Waals surface area contributed by atoms with Crippen molar-refractivity contribution in [3.8, 4) is 0 Å². The Balaban J connectivity index is -0.0000000125. The van der Waals surface area contributed by atoms with E-state index in [9.17, 15) is 0 Å². The number of halogens is 2. The minimum absolute atomic E-state index is 0. The Morgan fingerprint density at radius 3 is 1.00 bits per heavy atom. The Kier molecular flexibility index (Phi) is 109. The average molecular weight is 610 g/mol. The summed E-state index contributed by atoms with van der Waals surface area (Å²) in [6.45, 7) is 0. The van der Waals surface area contributed by atoms with Gasteiger partial charge in [-0.15, -0.1) is 0 Å². The molecule has 0 atom stereocenters. The first-order valence-corrected chi connectivity index (χ1v) is 5.68. The van der Waals surface area contributed by atoms with Gasteiger partial charge in [-0.3, -0.25) is 0 Å². The molecular weight excluding hydrogens is 604 g/mol. The van der Waals surface area contributed by atoms with Gasteiger partial charge in [0, 0.05) is 0 Å². The summed E-state index contributed by atoms with van der Waals surface area (Å²) >= 11 is 4.30. The fourth-order valence-corrected chi connectivity index (χ4v) is 0. The van der Waals surface area contributed by atoms with Crippen LogP contribution in [0.2, 0.25) is 0 Å². The van der Waals surface area contributed by atoms with Crippen LogP contribution < -0.4 is 148 Å². The number of hydrogen-bond donors (Lipinski definition) is 0. The molecule has 0 unspecified atom stereocenters. The summed E-state index contributed by atoms with van der Waals surface area (Å²) in [7, 11) is 0. The van der Waals surface area contributed by atoms with Crippen LogP contribution in [0, 0.1) is 0 Å². The molecule has 0 amide bonds. The minimum Gasteiger partial charge on any atom is -0.652 e. The molecule has 0 radical (unpaired) electrons. The van der Waals surface area contributed by atoms with Crippen LogP contribution in [-0.2, 0) is 0 Å². The third-order valence-corrected chi connectivity index (χ3v) is 0. The van der Waals surface area contributed by atoms with Crippen LogP contribution in [0.4, 0.5) is 4.79 Å². The van der Waals surface area contributed by atoms with Gasteiger partial charge < -0.3 is 15.0 Å². The molecule has 0 N–H and O–H groups in total. The van der Waals surface area contributed by atoms with Crippen LogP contribution in [0.1, 0.15) is 0 Å². The number of carbonyl (C=O) groups is 1. The van der Waals surface area contributed by atoms with E-state index in [1.54, 1.807) is 0 Å². The zero-order valence-electron chi connectivity index (χ0n) is 6.48. The molecule has 0 saturated carbocycles. The maximum absolute atomic E-state index is 8.33. The van der Waals surface area contributed by atoms with E-state index in [4.69, 9.17) is 15.0 Å². The van der Waals surface area contributed by atoms with E-state index >= 15 is 0 Å². The van der Waals surface area contributed by atoms with Crippen LogP contribution in [0.15, 0.2) is 0 Å². The molecule has 0 bridgehead atoms. The summed E-state index contributed by atoms with van der Waals surface area (Å²) in [4.78, 5) is 12.3. The average Bonchev–Trinajstić information content (AvgIpc) is 1.75. The van der Waals surface area contributed by atoms with Crippen LogP contribution in [0.25, 0.3) is 0 Å². The summed E-state index contributed by atoms with van der Waals surface area (Å²) < 4.78 is 0. The molecule has 3 nitrogen and oxygen atoms in total. The molecule has 0 aliphatic carbocycles. The van der Waals surface area contributed by atoms with Gasteiger partial charge in [0.05, 0.1) is 0 Å². The standard InChI is InChI=1S/2CH3I.CH2O3.2Cs/c2*1-2;2-1(3)4;;/h2*1H3;(H2,2,3,4);;/q;;;2*+1/p-2. The molecule has 0 saturated heterocycles. The molecule has 0 rings (SSSR count). The normalized spacial score (nSPS) is 3.60. The first-order valence-electron chi connectivity index (χ1n) is 1.37. The third-order valence-electron chi connectivity index (χ3n) is 0. The number of hydrogen-bond acceptors (Lipinski definition) is 3. The van der Waals surface area contributed by atoms with E-state index < -0.39 is 6.16 Å². The number of carboxylic acid groups (broad SMARTS) is 2. The molecule has 52 valence electrons. The van der Waals surface area contributed by atoms with E-state index in [0.717, 1.165) is 0 Å². The van der Waals surface area contributed by atoms with Gasteiger partial charge in [0.25, 0.3) is 0 Å². The SMILES string of the molecule is CI.CI.O=C([O-])[O-].[Cs+].[Cs+]. The fourth-order valence-electron chi connectivity index (χ4n) is 0. The van der Waals surface area contributed by atoms with Crippen molar-refractivity contribution in [3.63, 3.8) is 0 Å². The third kappa shape index (κ3) is 76.9. The van der Waals surface area contributed by atoms with Crippen molar-refractivity contribution in [3.05, 3.63) is 0 Å². The summed E-state index contributed by atoms with van der Waals surface area (Å²) in [6.07, 6.45) is -2.33.